The molecule has 1 aromatic carbocycles. The van der Waals surface area contributed by atoms with E-state index in [1.807, 2.05) is 38.1 Å². The zero-order valence-corrected chi connectivity index (χ0v) is 15.7. The number of urea groups is 1. The van der Waals surface area contributed by atoms with Crippen LogP contribution in [0.5, 0.6) is 5.75 Å². The first-order valence-electron chi connectivity index (χ1n) is 9.08. The van der Waals surface area contributed by atoms with Crippen LogP contribution in [0.1, 0.15) is 45.2 Å². The number of unbranched alkanes of at least 4 members (excludes halogenated alkanes) is 1. The van der Waals surface area contributed by atoms with Gasteiger partial charge in [0.2, 0.25) is 0 Å². The van der Waals surface area contributed by atoms with Gasteiger partial charge >= 0.3 is 12.0 Å². The van der Waals surface area contributed by atoms with Crippen molar-refractivity contribution in [2.24, 2.45) is 11.8 Å². The highest BCUT2D eigenvalue weighted by atomic mass is 16.5. The normalized spacial score (nSPS) is 19.7. The van der Waals surface area contributed by atoms with Crippen molar-refractivity contribution >= 4 is 12.0 Å². The van der Waals surface area contributed by atoms with Crippen LogP contribution in [0.15, 0.2) is 36.5 Å². The molecular formula is C20H28N2O4. The van der Waals surface area contributed by atoms with Crippen LogP contribution < -0.4 is 15.4 Å². The van der Waals surface area contributed by atoms with Crippen molar-refractivity contribution < 1.29 is 19.1 Å². The van der Waals surface area contributed by atoms with Crippen LogP contribution in [-0.4, -0.2) is 25.2 Å². The number of benzene rings is 1. The number of nitrogens with one attached hydrogen (secondary N) is 2. The Bertz CT molecular complexity index is 657. The minimum atomic E-state index is -0.720. The van der Waals surface area contributed by atoms with Crippen molar-refractivity contribution in [2.45, 2.75) is 39.7 Å². The van der Waals surface area contributed by atoms with E-state index in [0.717, 1.165) is 18.4 Å². The van der Waals surface area contributed by atoms with E-state index < -0.39 is 24.0 Å². The van der Waals surface area contributed by atoms with Gasteiger partial charge in [-0.3, -0.25) is 4.79 Å². The van der Waals surface area contributed by atoms with E-state index in [-0.39, 0.29) is 5.92 Å². The molecule has 0 spiro atoms. The molecule has 2 atom stereocenters. The second kappa shape index (κ2) is 9.27. The fourth-order valence-electron chi connectivity index (χ4n) is 2.76. The Balaban J connectivity index is 2.29. The molecule has 0 saturated carbocycles. The standard InChI is InChI=1S/C20H28N2O4/c1-5-6-11-25-16-10-8-7-9-15(16)18-17(14(4)21-20(24)22-18)19(23)26-12-13(2)3/h7-10,13,17-18H,4-6,11-12H2,1-3H3,(H2,21,22,24)/t17-,18+/m1/s1. The number of hydrogen-bond acceptors (Lipinski definition) is 4. The van der Waals surface area contributed by atoms with Crippen molar-refractivity contribution in [3.05, 3.63) is 42.1 Å². The van der Waals surface area contributed by atoms with Gasteiger partial charge in [-0.1, -0.05) is 52.0 Å². The average molecular weight is 360 g/mol. The Hall–Kier alpha value is -2.50. The van der Waals surface area contributed by atoms with Crippen molar-refractivity contribution in [3.8, 4) is 5.75 Å². The maximum Gasteiger partial charge on any atom is 0.319 e. The Labute approximate surface area is 154 Å². The first kappa shape index (κ1) is 19.8. The monoisotopic (exact) mass is 360 g/mol. The molecule has 0 aromatic heterocycles. The number of amides is 2. The minimum absolute atomic E-state index is 0.224. The highest BCUT2D eigenvalue weighted by Gasteiger charge is 2.40. The van der Waals surface area contributed by atoms with E-state index in [0.29, 0.717) is 24.7 Å². The Morgan fingerprint density at radius 2 is 2.04 bits per heavy atom. The van der Waals surface area contributed by atoms with E-state index in [1.54, 1.807) is 0 Å². The lowest BCUT2D eigenvalue weighted by Gasteiger charge is -2.34. The fourth-order valence-corrected chi connectivity index (χ4v) is 2.76. The summed E-state index contributed by atoms with van der Waals surface area (Å²) < 4.78 is 11.3. The minimum Gasteiger partial charge on any atom is -0.493 e. The van der Waals surface area contributed by atoms with Gasteiger partial charge in [0.05, 0.1) is 19.3 Å². The zero-order valence-electron chi connectivity index (χ0n) is 15.7. The summed E-state index contributed by atoms with van der Waals surface area (Å²) in [7, 11) is 0. The number of carbonyl (C=O) groups is 2. The largest absolute Gasteiger partial charge is 0.493 e. The Kier molecular flexibility index (Phi) is 7.06. The number of carbonyl (C=O) groups excluding carboxylic acids is 2. The second-order valence-corrected chi connectivity index (χ2v) is 6.84. The lowest BCUT2D eigenvalue weighted by atomic mass is 9.88. The average Bonchev–Trinajstić information content (AvgIpc) is 2.59. The van der Waals surface area contributed by atoms with Gasteiger partial charge < -0.3 is 20.1 Å². The lowest BCUT2D eigenvalue weighted by Crippen LogP contribution is -2.51. The lowest BCUT2D eigenvalue weighted by molar-refractivity contribution is -0.149. The van der Waals surface area contributed by atoms with Gasteiger partial charge in [-0.05, 0) is 18.4 Å². The third kappa shape index (κ3) is 5.00. The van der Waals surface area contributed by atoms with Crippen LogP contribution in [0, 0.1) is 11.8 Å². The summed E-state index contributed by atoms with van der Waals surface area (Å²) in [6.45, 7) is 10.8. The Morgan fingerprint density at radius 3 is 2.73 bits per heavy atom. The molecule has 26 heavy (non-hydrogen) atoms. The quantitative estimate of drug-likeness (QED) is 0.549. The first-order valence-corrected chi connectivity index (χ1v) is 9.08. The maximum absolute atomic E-state index is 12.7. The van der Waals surface area contributed by atoms with Crippen LogP contribution in [0.25, 0.3) is 0 Å². The smallest absolute Gasteiger partial charge is 0.319 e. The maximum atomic E-state index is 12.7. The topological polar surface area (TPSA) is 76.7 Å². The molecule has 0 radical (unpaired) electrons. The summed E-state index contributed by atoms with van der Waals surface area (Å²) in [6, 6.07) is 6.45. The van der Waals surface area contributed by atoms with Gasteiger partial charge in [0.1, 0.15) is 11.7 Å². The van der Waals surface area contributed by atoms with Crippen molar-refractivity contribution in [1.82, 2.24) is 10.6 Å². The zero-order chi connectivity index (χ0) is 19.1. The van der Waals surface area contributed by atoms with Gasteiger partial charge in [0, 0.05) is 11.3 Å². The highest BCUT2D eigenvalue weighted by molar-refractivity contribution is 5.85. The van der Waals surface area contributed by atoms with E-state index in [1.165, 1.54) is 0 Å². The van der Waals surface area contributed by atoms with Crippen molar-refractivity contribution in [1.29, 1.82) is 0 Å². The van der Waals surface area contributed by atoms with E-state index >= 15 is 0 Å². The summed E-state index contributed by atoms with van der Waals surface area (Å²) >= 11 is 0. The molecule has 142 valence electrons. The Morgan fingerprint density at radius 1 is 1.31 bits per heavy atom. The third-order valence-electron chi connectivity index (χ3n) is 4.09. The molecule has 2 rings (SSSR count). The van der Waals surface area contributed by atoms with Gasteiger partial charge in [0.25, 0.3) is 0 Å². The summed E-state index contributed by atoms with van der Waals surface area (Å²) in [5, 5.41) is 5.40. The molecule has 1 heterocycles. The molecule has 2 amide bonds. The molecule has 1 aromatic rings. The highest BCUT2D eigenvalue weighted by Crippen LogP contribution is 2.35. The van der Waals surface area contributed by atoms with E-state index in [9.17, 15) is 9.59 Å². The third-order valence-corrected chi connectivity index (χ3v) is 4.09. The second-order valence-electron chi connectivity index (χ2n) is 6.84. The van der Waals surface area contributed by atoms with Crippen LogP contribution in [-0.2, 0) is 9.53 Å². The number of rotatable bonds is 8. The SMILES string of the molecule is C=C1NC(=O)N[C@@H](c2ccccc2OCCCC)[C@@H]1C(=O)OCC(C)C. The molecule has 1 aliphatic heterocycles. The van der Waals surface area contributed by atoms with Gasteiger partial charge in [-0.2, -0.15) is 0 Å². The van der Waals surface area contributed by atoms with E-state index in [4.69, 9.17) is 9.47 Å². The van der Waals surface area contributed by atoms with Crippen LogP contribution >= 0.6 is 0 Å². The molecule has 1 saturated heterocycles. The van der Waals surface area contributed by atoms with Gasteiger partial charge in [-0.25, -0.2) is 4.79 Å². The van der Waals surface area contributed by atoms with Crippen LogP contribution in [0.4, 0.5) is 4.79 Å². The van der Waals surface area contributed by atoms with Gasteiger partial charge in [0.15, 0.2) is 0 Å². The number of para-hydroxylation sites is 1. The van der Waals surface area contributed by atoms with Gasteiger partial charge in [-0.15, -0.1) is 0 Å². The molecule has 2 N–H and O–H groups in total. The predicted molar refractivity (Wildman–Crippen MR) is 99.7 cm³/mol. The number of hydrogen-bond donors (Lipinski definition) is 2. The van der Waals surface area contributed by atoms with Crippen LogP contribution in [0.2, 0.25) is 0 Å². The van der Waals surface area contributed by atoms with E-state index in [2.05, 4.69) is 24.1 Å². The van der Waals surface area contributed by atoms with Crippen LogP contribution in [0.3, 0.4) is 0 Å². The summed E-state index contributed by atoms with van der Waals surface area (Å²) in [4.78, 5) is 24.6. The molecular weight excluding hydrogens is 332 g/mol. The van der Waals surface area contributed by atoms with Crippen molar-refractivity contribution in [3.63, 3.8) is 0 Å². The first-order chi connectivity index (χ1) is 12.4. The number of esters is 1. The molecule has 1 fully saturated rings. The molecule has 0 unspecified atom stereocenters. The summed E-state index contributed by atoms with van der Waals surface area (Å²) in [5.74, 6) is -0.254. The molecule has 0 aliphatic carbocycles. The summed E-state index contributed by atoms with van der Waals surface area (Å²) in [5.41, 5.74) is 1.07. The summed E-state index contributed by atoms with van der Waals surface area (Å²) in [6.07, 6.45) is 1.95. The molecule has 1 aliphatic rings. The molecule has 0 bridgehead atoms. The van der Waals surface area contributed by atoms with Crippen molar-refractivity contribution in [2.75, 3.05) is 13.2 Å². The predicted octanol–water partition coefficient (Wildman–Crippen LogP) is 3.55. The molecule has 6 nitrogen and oxygen atoms in total. The fraction of sp³-hybridized carbons (Fsp3) is 0.500. The number of ether oxygens (including phenoxy) is 2. The molecule has 6 heteroatoms.